The van der Waals surface area contributed by atoms with Crippen LogP contribution in [0, 0.1) is 50.2 Å². The van der Waals surface area contributed by atoms with Crippen molar-refractivity contribution in [2.24, 2.45) is 50.2 Å². The lowest BCUT2D eigenvalue weighted by atomic mass is 9.34. The lowest BCUT2D eigenvalue weighted by Crippen LogP contribution is -2.64. The molecule has 0 saturated heterocycles. The molecule has 0 spiro atoms. The highest BCUT2D eigenvalue weighted by Gasteiger charge is 2.69. The Labute approximate surface area is 268 Å². The van der Waals surface area contributed by atoms with Crippen molar-refractivity contribution in [1.29, 1.82) is 0 Å². The highest BCUT2D eigenvalue weighted by atomic mass is 16.7. The summed E-state index contributed by atoms with van der Waals surface area (Å²) in [6, 6.07) is 0. The van der Waals surface area contributed by atoms with Crippen molar-refractivity contribution in [3.63, 3.8) is 0 Å². The number of rotatable bonds is 9. The van der Waals surface area contributed by atoms with Crippen LogP contribution in [0.15, 0.2) is 23.4 Å². The van der Waals surface area contributed by atoms with E-state index < -0.39 is 0 Å². The van der Waals surface area contributed by atoms with Crippen molar-refractivity contribution < 1.29 is 19.2 Å². The molecule has 1 unspecified atom stereocenters. The Balaban J connectivity index is 1.39. The van der Waals surface area contributed by atoms with Crippen LogP contribution in [0.25, 0.3) is 0 Å². The number of hydrogen-bond donors (Lipinski definition) is 1. The minimum absolute atomic E-state index is 0.0280. The number of esters is 1. The normalized spacial score (nSPS) is 40.2. The predicted octanol–water partition coefficient (Wildman–Crippen LogP) is 9.86. The fourth-order valence-corrected chi connectivity index (χ4v) is 11.6. The van der Waals surface area contributed by atoms with Crippen molar-refractivity contribution >= 4 is 11.9 Å². The van der Waals surface area contributed by atoms with Gasteiger partial charge in [0.1, 0.15) is 0 Å². The topological polar surface area (TPSA) is 64.6 Å². The maximum Gasteiger partial charge on any atom is 0.332 e. The fourth-order valence-electron chi connectivity index (χ4n) is 11.6. The van der Waals surface area contributed by atoms with Crippen LogP contribution in [0.2, 0.25) is 0 Å². The standard InChI is InChI=1S/C39H63NO4/c1-10-11-12-13-14-15-32(41)44-40-31-19-20-36(6)29(35(31,4)5)18-21-38(8)30(36)17-16-27-28-26-34(2,3)22-24-39(28,33(42)43-9)25-23-37(27,38)7/h16,19,28-30,40H,10-15,17-18,20-26H2,1-9H3/t28-,29?,30-,36+,37-,38-,39+/m1/s1. The summed E-state index contributed by atoms with van der Waals surface area (Å²) in [5.41, 5.74) is 5.99. The van der Waals surface area contributed by atoms with E-state index in [9.17, 15) is 9.59 Å². The van der Waals surface area contributed by atoms with E-state index >= 15 is 0 Å². The van der Waals surface area contributed by atoms with E-state index in [1.54, 1.807) is 12.7 Å². The van der Waals surface area contributed by atoms with Crippen LogP contribution in [0.4, 0.5) is 0 Å². The van der Waals surface area contributed by atoms with Gasteiger partial charge in [-0.2, -0.15) is 0 Å². The number of methoxy groups -OCH3 is 1. The quantitative estimate of drug-likeness (QED) is 0.122. The first-order chi connectivity index (χ1) is 20.6. The van der Waals surface area contributed by atoms with Gasteiger partial charge in [-0.1, -0.05) is 98.8 Å². The molecule has 5 rings (SSSR count). The number of carbonyl (C=O) groups excluding carboxylic acids is 2. The molecular weight excluding hydrogens is 546 g/mol. The molecule has 0 aromatic carbocycles. The SMILES string of the molecule is CCCCCCCC(=O)ONC1=CC[C@@]2(C)C(CC[C@]3(C)[C@@H]2CC=C2[C@H]4CC(C)(C)CC[C@]4(C(=O)OC)CC[C@]23C)C1(C)C. The highest BCUT2D eigenvalue weighted by Crippen LogP contribution is 2.75. The monoisotopic (exact) mass is 609 g/mol. The van der Waals surface area contributed by atoms with Gasteiger partial charge in [0, 0.05) is 11.8 Å². The van der Waals surface area contributed by atoms with Crippen LogP contribution in [0.5, 0.6) is 0 Å². The molecule has 0 radical (unpaired) electrons. The third-order valence-corrected chi connectivity index (χ3v) is 14.6. The van der Waals surface area contributed by atoms with Gasteiger partial charge >= 0.3 is 11.9 Å². The van der Waals surface area contributed by atoms with Crippen LogP contribution < -0.4 is 5.48 Å². The summed E-state index contributed by atoms with van der Waals surface area (Å²) >= 11 is 0. The molecule has 1 N–H and O–H groups in total. The molecule has 0 heterocycles. The van der Waals surface area contributed by atoms with Crippen molar-refractivity contribution in [3.8, 4) is 0 Å². The highest BCUT2D eigenvalue weighted by molar-refractivity contribution is 5.78. The van der Waals surface area contributed by atoms with Crippen LogP contribution >= 0.6 is 0 Å². The molecule has 0 aromatic rings. The first-order valence-electron chi connectivity index (χ1n) is 18.1. The van der Waals surface area contributed by atoms with E-state index in [0.717, 1.165) is 63.5 Å². The molecule has 0 bridgehead atoms. The predicted molar refractivity (Wildman–Crippen MR) is 177 cm³/mol. The van der Waals surface area contributed by atoms with Crippen molar-refractivity contribution in [1.82, 2.24) is 5.48 Å². The Morgan fingerprint density at radius 3 is 2.30 bits per heavy atom. The number of hydroxylamine groups is 1. The minimum Gasteiger partial charge on any atom is -0.469 e. The van der Waals surface area contributed by atoms with E-state index in [1.165, 1.54) is 32.1 Å². The second-order valence-electron chi connectivity index (χ2n) is 17.6. The van der Waals surface area contributed by atoms with Gasteiger partial charge in [-0.3, -0.25) is 4.79 Å². The molecule has 0 aliphatic heterocycles. The zero-order valence-electron chi connectivity index (χ0n) is 29.6. The average molecular weight is 610 g/mol. The Bertz CT molecular complexity index is 1180. The average Bonchev–Trinajstić information content (AvgIpc) is 2.96. The molecule has 0 amide bonds. The summed E-state index contributed by atoms with van der Waals surface area (Å²) in [6.07, 6.45) is 20.7. The van der Waals surface area contributed by atoms with Gasteiger partial charge < -0.3 is 9.57 Å². The second kappa shape index (κ2) is 11.8. The maximum atomic E-state index is 13.5. The van der Waals surface area contributed by atoms with Gasteiger partial charge in [0.2, 0.25) is 0 Å². The molecule has 7 atom stereocenters. The summed E-state index contributed by atoms with van der Waals surface area (Å²) in [6.45, 7) is 19.5. The summed E-state index contributed by atoms with van der Waals surface area (Å²) in [7, 11) is 1.59. The maximum absolute atomic E-state index is 13.5. The molecule has 5 heteroatoms. The zero-order chi connectivity index (χ0) is 32.2. The summed E-state index contributed by atoms with van der Waals surface area (Å²) < 4.78 is 5.54. The first-order valence-corrected chi connectivity index (χ1v) is 18.1. The second-order valence-corrected chi connectivity index (χ2v) is 17.6. The van der Waals surface area contributed by atoms with Gasteiger partial charge in [0.15, 0.2) is 0 Å². The molecule has 5 aliphatic rings. The van der Waals surface area contributed by atoms with Gasteiger partial charge in [-0.25, -0.2) is 10.3 Å². The van der Waals surface area contributed by atoms with Crippen LogP contribution in [-0.4, -0.2) is 19.0 Å². The minimum atomic E-state index is -0.358. The Kier molecular flexibility index (Phi) is 8.99. The number of nitrogens with one attached hydrogen (secondary N) is 1. The molecule has 5 nitrogen and oxygen atoms in total. The van der Waals surface area contributed by atoms with Gasteiger partial charge in [0.05, 0.1) is 18.2 Å². The Hall–Kier alpha value is -1.78. The van der Waals surface area contributed by atoms with E-state index in [1.807, 2.05) is 0 Å². The van der Waals surface area contributed by atoms with E-state index in [4.69, 9.17) is 9.57 Å². The molecule has 44 heavy (non-hydrogen) atoms. The Morgan fingerprint density at radius 1 is 0.886 bits per heavy atom. The van der Waals surface area contributed by atoms with Crippen molar-refractivity contribution in [2.75, 3.05) is 7.11 Å². The lowest BCUT2D eigenvalue weighted by molar-refractivity contribution is -0.182. The molecular formula is C39H63NO4. The van der Waals surface area contributed by atoms with Gasteiger partial charge in [0.25, 0.3) is 0 Å². The largest absolute Gasteiger partial charge is 0.469 e. The summed E-state index contributed by atoms with van der Waals surface area (Å²) in [4.78, 5) is 31.7. The summed E-state index contributed by atoms with van der Waals surface area (Å²) in [5.74, 6) is 1.22. The Morgan fingerprint density at radius 2 is 1.59 bits per heavy atom. The van der Waals surface area contributed by atoms with Crippen molar-refractivity contribution in [3.05, 3.63) is 23.4 Å². The number of ether oxygens (including phenoxy) is 1. The van der Waals surface area contributed by atoms with E-state index in [0.29, 0.717) is 18.3 Å². The number of hydrogen-bond acceptors (Lipinski definition) is 5. The van der Waals surface area contributed by atoms with Crippen LogP contribution in [0.3, 0.4) is 0 Å². The van der Waals surface area contributed by atoms with Crippen LogP contribution in [-0.2, 0) is 19.2 Å². The zero-order valence-corrected chi connectivity index (χ0v) is 29.6. The molecule has 3 fully saturated rings. The third-order valence-electron chi connectivity index (χ3n) is 14.6. The van der Waals surface area contributed by atoms with E-state index in [2.05, 4.69) is 73.0 Å². The summed E-state index contributed by atoms with van der Waals surface area (Å²) in [5, 5.41) is 0. The first kappa shape index (κ1) is 33.6. The smallest absolute Gasteiger partial charge is 0.332 e. The third kappa shape index (κ3) is 5.19. The fraction of sp³-hybridized carbons (Fsp3) is 0.846. The molecule has 3 saturated carbocycles. The number of unbranched alkanes of at least 4 members (excludes halogenated alkanes) is 4. The molecule has 0 aromatic heterocycles. The number of allylic oxidation sites excluding steroid dienone is 4. The van der Waals surface area contributed by atoms with Gasteiger partial charge in [-0.15, -0.1) is 0 Å². The molecule has 5 aliphatic carbocycles. The van der Waals surface area contributed by atoms with Gasteiger partial charge in [-0.05, 0) is 104 Å². The van der Waals surface area contributed by atoms with E-state index in [-0.39, 0.29) is 50.3 Å². The van der Waals surface area contributed by atoms with Crippen LogP contribution in [0.1, 0.15) is 152 Å². The number of carbonyl (C=O) groups is 2. The molecule has 248 valence electrons. The lowest BCUT2D eigenvalue weighted by Gasteiger charge is -2.70. The number of fused-ring (bicyclic) bond motifs is 7. The van der Waals surface area contributed by atoms with Crippen molar-refractivity contribution in [2.45, 2.75) is 152 Å².